The summed E-state index contributed by atoms with van der Waals surface area (Å²) in [5.41, 5.74) is 1.92. The van der Waals surface area contributed by atoms with Gasteiger partial charge in [0.1, 0.15) is 5.82 Å². The number of H-pyrrole nitrogens is 1. The largest absolute Gasteiger partial charge is 0.347 e. The van der Waals surface area contributed by atoms with Crippen LogP contribution in [0.4, 0.5) is 0 Å². The fourth-order valence-corrected chi connectivity index (χ4v) is 2.61. The monoisotopic (exact) mass is 258 g/mol. The minimum absolute atomic E-state index is 0.155. The molecule has 0 unspecified atom stereocenters. The van der Waals surface area contributed by atoms with Crippen LogP contribution in [0.2, 0.25) is 0 Å². The Hall–Kier alpha value is -1.88. The molecule has 0 amide bonds. The number of nitrogens with one attached hydrogen (secondary N) is 2. The molecule has 0 bridgehead atoms. The second kappa shape index (κ2) is 5.01. The summed E-state index contributed by atoms with van der Waals surface area (Å²) < 4.78 is 1.70. The molecule has 2 heterocycles. The van der Waals surface area contributed by atoms with Crippen LogP contribution in [0.25, 0.3) is 5.69 Å². The van der Waals surface area contributed by atoms with Crippen molar-refractivity contribution in [1.29, 1.82) is 0 Å². The van der Waals surface area contributed by atoms with Crippen molar-refractivity contribution in [1.82, 2.24) is 20.1 Å². The Labute approximate surface area is 111 Å². The van der Waals surface area contributed by atoms with Gasteiger partial charge in [-0.25, -0.2) is 14.5 Å². The number of aromatic nitrogens is 3. The molecule has 5 nitrogen and oxygen atoms in total. The lowest BCUT2D eigenvalue weighted by atomic mass is 9.97. The average Bonchev–Trinajstić information content (AvgIpc) is 2.83. The third kappa shape index (κ3) is 2.33. The number of nitrogens with zero attached hydrogens (tertiary/aromatic N) is 2. The standard InChI is InChI=1S/C14H18N4O/c1-10-2-4-12(5-3-10)18-13(16-17-14(18)19)11-6-8-15-9-7-11/h2-5,11,15H,6-9H2,1H3,(H,17,19). The molecule has 0 aliphatic carbocycles. The van der Waals surface area contributed by atoms with E-state index < -0.39 is 0 Å². The van der Waals surface area contributed by atoms with E-state index in [0.29, 0.717) is 5.92 Å². The number of benzene rings is 1. The second-order valence-corrected chi connectivity index (χ2v) is 5.08. The molecule has 2 N–H and O–H groups in total. The molecule has 0 radical (unpaired) electrons. The van der Waals surface area contributed by atoms with Crippen molar-refractivity contribution in [3.8, 4) is 5.69 Å². The maximum Gasteiger partial charge on any atom is 0.347 e. The normalized spacial score (nSPS) is 16.7. The molecule has 0 spiro atoms. The Kier molecular flexibility index (Phi) is 3.21. The summed E-state index contributed by atoms with van der Waals surface area (Å²) in [6, 6.07) is 7.97. The fraction of sp³-hybridized carbons (Fsp3) is 0.429. The first kappa shape index (κ1) is 12.2. The number of hydrogen-bond donors (Lipinski definition) is 2. The first-order valence-corrected chi connectivity index (χ1v) is 6.71. The first-order valence-electron chi connectivity index (χ1n) is 6.71. The molecule has 1 aromatic carbocycles. The van der Waals surface area contributed by atoms with Crippen LogP contribution in [0.15, 0.2) is 29.1 Å². The Morgan fingerprint density at radius 3 is 2.58 bits per heavy atom. The Bertz CT molecular complexity index is 605. The van der Waals surface area contributed by atoms with Crippen LogP contribution in [0.3, 0.4) is 0 Å². The number of aromatic amines is 1. The van der Waals surface area contributed by atoms with Crippen molar-refractivity contribution < 1.29 is 0 Å². The molecule has 1 aliphatic heterocycles. The minimum Gasteiger partial charge on any atom is -0.317 e. The molecule has 0 saturated carbocycles. The summed E-state index contributed by atoms with van der Waals surface area (Å²) in [6.07, 6.45) is 2.05. The maximum absolute atomic E-state index is 12.0. The summed E-state index contributed by atoms with van der Waals surface area (Å²) in [4.78, 5) is 12.0. The zero-order chi connectivity index (χ0) is 13.2. The molecular formula is C14H18N4O. The van der Waals surface area contributed by atoms with Crippen LogP contribution >= 0.6 is 0 Å². The van der Waals surface area contributed by atoms with E-state index in [9.17, 15) is 4.79 Å². The van der Waals surface area contributed by atoms with Crippen molar-refractivity contribution >= 4 is 0 Å². The summed E-state index contributed by atoms with van der Waals surface area (Å²) in [7, 11) is 0. The van der Waals surface area contributed by atoms with Gasteiger partial charge in [-0.1, -0.05) is 17.7 Å². The SMILES string of the molecule is Cc1ccc(-n2c(C3CCNCC3)n[nH]c2=O)cc1. The molecule has 3 rings (SSSR count). The van der Waals surface area contributed by atoms with Crippen LogP contribution in [-0.4, -0.2) is 27.9 Å². The minimum atomic E-state index is -0.155. The Morgan fingerprint density at radius 2 is 1.89 bits per heavy atom. The zero-order valence-corrected chi connectivity index (χ0v) is 11.0. The van der Waals surface area contributed by atoms with Crippen molar-refractivity contribution in [2.24, 2.45) is 0 Å². The zero-order valence-electron chi connectivity index (χ0n) is 11.0. The topological polar surface area (TPSA) is 62.7 Å². The Morgan fingerprint density at radius 1 is 1.21 bits per heavy atom. The van der Waals surface area contributed by atoms with Crippen molar-refractivity contribution in [3.05, 3.63) is 46.1 Å². The van der Waals surface area contributed by atoms with Gasteiger partial charge >= 0.3 is 5.69 Å². The van der Waals surface area contributed by atoms with E-state index in [2.05, 4.69) is 15.5 Å². The van der Waals surface area contributed by atoms with Gasteiger partial charge < -0.3 is 5.32 Å². The molecule has 5 heteroatoms. The molecule has 2 aromatic rings. The van der Waals surface area contributed by atoms with E-state index >= 15 is 0 Å². The molecule has 1 saturated heterocycles. The van der Waals surface area contributed by atoms with Crippen molar-refractivity contribution in [2.45, 2.75) is 25.7 Å². The van der Waals surface area contributed by atoms with Crippen LogP contribution in [0, 0.1) is 6.92 Å². The maximum atomic E-state index is 12.0. The predicted molar refractivity (Wildman–Crippen MR) is 73.8 cm³/mol. The second-order valence-electron chi connectivity index (χ2n) is 5.08. The smallest absolute Gasteiger partial charge is 0.317 e. The van der Waals surface area contributed by atoms with Gasteiger partial charge in [-0.2, -0.15) is 5.10 Å². The highest BCUT2D eigenvalue weighted by Crippen LogP contribution is 2.24. The van der Waals surface area contributed by atoms with Gasteiger partial charge in [-0.05, 0) is 45.0 Å². The van der Waals surface area contributed by atoms with Gasteiger partial charge in [-0.3, -0.25) is 0 Å². The van der Waals surface area contributed by atoms with E-state index in [-0.39, 0.29) is 5.69 Å². The van der Waals surface area contributed by atoms with Gasteiger partial charge in [0.2, 0.25) is 0 Å². The van der Waals surface area contributed by atoms with E-state index in [1.165, 1.54) is 5.56 Å². The molecular weight excluding hydrogens is 240 g/mol. The lowest BCUT2D eigenvalue weighted by molar-refractivity contribution is 0.440. The molecule has 100 valence electrons. The number of rotatable bonds is 2. The number of hydrogen-bond acceptors (Lipinski definition) is 3. The molecule has 1 aliphatic rings. The van der Waals surface area contributed by atoms with E-state index in [4.69, 9.17) is 0 Å². The molecule has 1 fully saturated rings. The molecule has 19 heavy (non-hydrogen) atoms. The van der Waals surface area contributed by atoms with Gasteiger partial charge in [0.25, 0.3) is 0 Å². The lowest BCUT2D eigenvalue weighted by Gasteiger charge is -2.22. The highest BCUT2D eigenvalue weighted by Gasteiger charge is 2.22. The van der Waals surface area contributed by atoms with Gasteiger partial charge in [-0.15, -0.1) is 0 Å². The number of aryl methyl sites for hydroxylation is 1. The van der Waals surface area contributed by atoms with Crippen LogP contribution in [0.5, 0.6) is 0 Å². The number of piperidine rings is 1. The third-order valence-electron chi connectivity index (χ3n) is 3.69. The Balaban J connectivity index is 2.02. The van der Waals surface area contributed by atoms with E-state index in [0.717, 1.165) is 37.4 Å². The van der Waals surface area contributed by atoms with E-state index in [1.807, 2.05) is 31.2 Å². The van der Waals surface area contributed by atoms with Crippen molar-refractivity contribution in [2.75, 3.05) is 13.1 Å². The summed E-state index contributed by atoms with van der Waals surface area (Å²) >= 11 is 0. The highest BCUT2D eigenvalue weighted by atomic mass is 16.1. The predicted octanol–water partition coefficient (Wildman–Crippen LogP) is 1.34. The quantitative estimate of drug-likeness (QED) is 0.854. The fourth-order valence-electron chi connectivity index (χ4n) is 2.61. The average molecular weight is 258 g/mol. The van der Waals surface area contributed by atoms with E-state index in [1.54, 1.807) is 4.57 Å². The third-order valence-corrected chi connectivity index (χ3v) is 3.69. The summed E-state index contributed by atoms with van der Waals surface area (Å²) in [5.74, 6) is 1.21. The van der Waals surface area contributed by atoms with Crippen LogP contribution in [-0.2, 0) is 0 Å². The van der Waals surface area contributed by atoms with Crippen LogP contribution in [0.1, 0.15) is 30.1 Å². The van der Waals surface area contributed by atoms with Crippen molar-refractivity contribution in [3.63, 3.8) is 0 Å². The van der Waals surface area contributed by atoms with Crippen LogP contribution < -0.4 is 11.0 Å². The lowest BCUT2D eigenvalue weighted by Crippen LogP contribution is -2.29. The van der Waals surface area contributed by atoms with Gasteiger partial charge in [0.15, 0.2) is 0 Å². The molecule has 1 aromatic heterocycles. The summed E-state index contributed by atoms with van der Waals surface area (Å²) in [6.45, 7) is 4.01. The van der Waals surface area contributed by atoms with Gasteiger partial charge in [0.05, 0.1) is 5.69 Å². The molecule has 0 atom stereocenters. The highest BCUT2D eigenvalue weighted by molar-refractivity contribution is 5.35. The van der Waals surface area contributed by atoms with Gasteiger partial charge in [0, 0.05) is 5.92 Å². The summed E-state index contributed by atoms with van der Waals surface area (Å²) in [5, 5.41) is 10.2. The first-order chi connectivity index (χ1) is 9.25.